The molecule has 1 atom stereocenters. The van der Waals surface area contributed by atoms with Gasteiger partial charge in [-0.15, -0.1) is 0 Å². The molecule has 2 amide bonds. The molecule has 1 aromatic carbocycles. The number of hydrogen-bond acceptors (Lipinski definition) is 6. The topological polar surface area (TPSA) is 93.9 Å². The number of aromatic nitrogens is 1. The minimum atomic E-state index is -0.426. The van der Waals surface area contributed by atoms with E-state index in [-0.39, 0.29) is 12.0 Å². The second-order valence-corrected chi connectivity index (χ2v) is 6.07. The molecule has 4 rings (SSSR count). The van der Waals surface area contributed by atoms with E-state index in [1.807, 2.05) is 18.2 Å². The molecule has 1 fully saturated rings. The van der Waals surface area contributed by atoms with Crippen LogP contribution in [0.2, 0.25) is 0 Å². The molecule has 1 aromatic heterocycles. The largest absolute Gasteiger partial charge is 0.442 e. The number of carbonyl (C=O) groups excluding carboxylic acids is 2. The van der Waals surface area contributed by atoms with Gasteiger partial charge in [0, 0.05) is 23.7 Å². The van der Waals surface area contributed by atoms with Gasteiger partial charge in [-0.1, -0.05) is 5.16 Å². The molecule has 2 aliphatic rings. The molecule has 0 radical (unpaired) electrons. The van der Waals surface area contributed by atoms with Gasteiger partial charge in [0.2, 0.25) is 5.91 Å². The average molecular weight is 343 g/mol. The molecule has 2 aliphatic heterocycles. The molecule has 130 valence electrons. The summed E-state index contributed by atoms with van der Waals surface area (Å²) in [6.07, 6.45) is 0.862. The first-order chi connectivity index (χ1) is 12.1. The van der Waals surface area contributed by atoms with Gasteiger partial charge in [0.05, 0.1) is 32.5 Å². The van der Waals surface area contributed by atoms with Crippen LogP contribution in [0.4, 0.5) is 10.5 Å². The lowest BCUT2D eigenvalue weighted by molar-refractivity contribution is -0.119. The molecule has 1 unspecified atom stereocenters. The van der Waals surface area contributed by atoms with E-state index in [4.69, 9.17) is 14.0 Å². The Labute approximate surface area is 143 Å². The van der Waals surface area contributed by atoms with Crippen molar-refractivity contribution in [3.8, 4) is 11.3 Å². The molecule has 2 aromatic rings. The summed E-state index contributed by atoms with van der Waals surface area (Å²) in [5.74, 6) is 0.547. The lowest BCUT2D eigenvalue weighted by atomic mass is 10.0. The quantitative estimate of drug-likeness (QED) is 0.914. The first kappa shape index (κ1) is 15.6. The SMILES string of the molecule is CC(=O)NCC1CN(c2ccc3c(c2)COCc2cnoc2-3)C(=O)O1. The van der Waals surface area contributed by atoms with Gasteiger partial charge in [0.15, 0.2) is 5.76 Å². The number of fused-ring (bicyclic) bond motifs is 3. The summed E-state index contributed by atoms with van der Waals surface area (Å²) in [6.45, 7) is 2.97. The van der Waals surface area contributed by atoms with Crippen LogP contribution >= 0.6 is 0 Å². The summed E-state index contributed by atoms with van der Waals surface area (Å²) >= 11 is 0. The maximum Gasteiger partial charge on any atom is 0.414 e. The van der Waals surface area contributed by atoms with Crippen LogP contribution in [0.5, 0.6) is 0 Å². The van der Waals surface area contributed by atoms with Crippen LogP contribution in [-0.2, 0) is 27.5 Å². The van der Waals surface area contributed by atoms with Crippen molar-refractivity contribution >= 4 is 17.7 Å². The predicted molar refractivity (Wildman–Crippen MR) is 86.7 cm³/mol. The van der Waals surface area contributed by atoms with Crippen molar-refractivity contribution in [1.29, 1.82) is 0 Å². The number of anilines is 1. The Balaban J connectivity index is 1.58. The highest BCUT2D eigenvalue weighted by molar-refractivity contribution is 5.90. The molecule has 25 heavy (non-hydrogen) atoms. The van der Waals surface area contributed by atoms with Crippen LogP contribution in [0, 0.1) is 0 Å². The lowest BCUT2D eigenvalue weighted by Crippen LogP contribution is -2.33. The van der Waals surface area contributed by atoms with E-state index in [2.05, 4.69) is 10.5 Å². The van der Waals surface area contributed by atoms with Gasteiger partial charge in [0.1, 0.15) is 6.10 Å². The highest BCUT2D eigenvalue weighted by Crippen LogP contribution is 2.34. The van der Waals surface area contributed by atoms with Gasteiger partial charge < -0.3 is 19.3 Å². The number of ether oxygens (including phenoxy) is 2. The molecule has 8 nitrogen and oxygen atoms in total. The number of carbonyl (C=O) groups is 2. The van der Waals surface area contributed by atoms with Crippen molar-refractivity contribution in [2.75, 3.05) is 18.0 Å². The van der Waals surface area contributed by atoms with Gasteiger partial charge in [-0.25, -0.2) is 4.79 Å². The van der Waals surface area contributed by atoms with Crippen molar-refractivity contribution in [2.24, 2.45) is 0 Å². The van der Waals surface area contributed by atoms with Crippen LogP contribution in [0.3, 0.4) is 0 Å². The zero-order valence-electron chi connectivity index (χ0n) is 13.7. The third kappa shape index (κ3) is 2.96. The van der Waals surface area contributed by atoms with Crippen LogP contribution < -0.4 is 10.2 Å². The normalized spacial score (nSPS) is 19.0. The van der Waals surface area contributed by atoms with Crippen LogP contribution in [0.15, 0.2) is 28.9 Å². The van der Waals surface area contributed by atoms with E-state index in [0.29, 0.717) is 32.1 Å². The lowest BCUT2D eigenvalue weighted by Gasteiger charge is -2.15. The second kappa shape index (κ2) is 6.21. The fourth-order valence-corrected chi connectivity index (χ4v) is 3.04. The summed E-state index contributed by atoms with van der Waals surface area (Å²) < 4.78 is 16.3. The zero-order valence-corrected chi connectivity index (χ0v) is 13.7. The fraction of sp³-hybridized carbons (Fsp3) is 0.353. The van der Waals surface area contributed by atoms with Gasteiger partial charge in [-0.3, -0.25) is 9.69 Å². The minimum Gasteiger partial charge on any atom is -0.442 e. The number of amides is 2. The average Bonchev–Trinajstić information content (AvgIpc) is 3.15. The number of nitrogens with one attached hydrogen (secondary N) is 1. The first-order valence-electron chi connectivity index (χ1n) is 7.99. The third-order valence-electron chi connectivity index (χ3n) is 4.26. The highest BCUT2D eigenvalue weighted by Gasteiger charge is 2.33. The van der Waals surface area contributed by atoms with Crippen molar-refractivity contribution < 1.29 is 23.6 Å². The van der Waals surface area contributed by atoms with Crippen molar-refractivity contribution in [1.82, 2.24) is 10.5 Å². The van der Waals surface area contributed by atoms with E-state index in [1.165, 1.54) is 6.92 Å². The van der Waals surface area contributed by atoms with E-state index in [0.717, 1.165) is 22.4 Å². The summed E-state index contributed by atoms with van der Waals surface area (Å²) in [7, 11) is 0. The van der Waals surface area contributed by atoms with Gasteiger partial charge in [-0.2, -0.15) is 0 Å². The summed E-state index contributed by atoms with van der Waals surface area (Å²) in [5, 5.41) is 6.49. The number of hydrogen-bond donors (Lipinski definition) is 1. The molecular formula is C17H17N3O5. The van der Waals surface area contributed by atoms with Gasteiger partial charge >= 0.3 is 6.09 Å². The molecule has 0 aliphatic carbocycles. The summed E-state index contributed by atoms with van der Waals surface area (Å²) in [4.78, 5) is 24.7. The Morgan fingerprint density at radius 1 is 1.36 bits per heavy atom. The molecule has 0 spiro atoms. The molecule has 3 heterocycles. The Morgan fingerprint density at radius 3 is 3.04 bits per heavy atom. The zero-order chi connectivity index (χ0) is 17.4. The van der Waals surface area contributed by atoms with Crippen molar-refractivity contribution in [3.05, 3.63) is 35.5 Å². The van der Waals surface area contributed by atoms with Crippen LogP contribution in [0.25, 0.3) is 11.3 Å². The molecule has 1 N–H and O–H groups in total. The Morgan fingerprint density at radius 2 is 2.20 bits per heavy atom. The number of cyclic esters (lactones) is 1. The Hall–Kier alpha value is -2.87. The first-order valence-corrected chi connectivity index (χ1v) is 7.99. The van der Waals surface area contributed by atoms with Gasteiger partial charge in [-0.05, 0) is 23.8 Å². The number of rotatable bonds is 3. The maximum absolute atomic E-state index is 12.2. The molecule has 0 bridgehead atoms. The maximum atomic E-state index is 12.2. The van der Waals surface area contributed by atoms with E-state index >= 15 is 0 Å². The standard InChI is InChI=1S/C17H17N3O5/c1-10(21)18-6-14-7-20(17(22)24-14)13-2-3-15-11(4-13)8-23-9-12-5-19-25-16(12)15/h2-5,14H,6-9H2,1H3,(H,18,21). The predicted octanol–water partition coefficient (Wildman–Crippen LogP) is 1.83. The summed E-state index contributed by atoms with van der Waals surface area (Å²) in [6, 6.07) is 5.64. The Bertz CT molecular complexity index is 831. The van der Waals surface area contributed by atoms with E-state index < -0.39 is 6.09 Å². The molecule has 1 saturated heterocycles. The monoisotopic (exact) mass is 343 g/mol. The van der Waals surface area contributed by atoms with Crippen molar-refractivity contribution in [2.45, 2.75) is 26.2 Å². The fourth-order valence-electron chi connectivity index (χ4n) is 3.04. The van der Waals surface area contributed by atoms with E-state index in [1.54, 1.807) is 11.1 Å². The number of nitrogens with zero attached hydrogens (tertiary/aromatic N) is 2. The Kier molecular flexibility index (Phi) is 3.89. The molecule has 0 saturated carbocycles. The molecular weight excluding hydrogens is 326 g/mol. The molecule has 8 heteroatoms. The second-order valence-electron chi connectivity index (χ2n) is 6.07. The third-order valence-corrected chi connectivity index (χ3v) is 4.26. The smallest absolute Gasteiger partial charge is 0.414 e. The van der Waals surface area contributed by atoms with Crippen LogP contribution in [0.1, 0.15) is 18.1 Å². The van der Waals surface area contributed by atoms with Crippen LogP contribution in [-0.4, -0.2) is 36.4 Å². The van der Waals surface area contributed by atoms with Gasteiger partial charge in [0.25, 0.3) is 0 Å². The summed E-state index contributed by atoms with van der Waals surface area (Å²) in [5.41, 5.74) is 3.46. The van der Waals surface area contributed by atoms with E-state index in [9.17, 15) is 9.59 Å². The number of benzene rings is 1. The highest BCUT2D eigenvalue weighted by atomic mass is 16.6. The van der Waals surface area contributed by atoms with Crippen molar-refractivity contribution in [3.63, 3.8) is 0 Å². The minimum absolute atomic E-state index is 0.153.